The summed E-state index contributed by atoms with van der Waals surface area (Å²) in [6.45, 7) is 0.378. The van der Waals surface area contributed by atoms with Crippen molar-refractivity contribution in [2.75, 3.05) is 0 Å². The molecular weight excluding hydrogens is 278 g/mol. The number of carbonyl (C=O) groups excluding carboxylic acids is 1. The molecule has 2 N–H and O–H groups in total. The number of nitrogens with one attached hydrogen (secondary N) is 1. The van der Waals surface area contributed by atoms with Crippen LogP contribution >= 0.6 is 11.6 Å². The van der Waals surface area contributed by atoms with Crippen molar-refractivity contribution in [3.63, 3.8) is 0 Å². The number of rotatable bonds is 4. The quantitative estimate of drug-likeness (QED) is 0.839. The van der Waals surface area contributed by atoms with E-state index in [4.69, 9.17) is 16.7 Å². The highest BCUT2D eigenvalue weighted by Gasteiger charge is 2.33. The lowest BCUT2D eigenvalue weighted by Gasteiger charge is -2.24. The Labute approximate surface area is 122 Å². The van der Waals surface area contributed by atoms with E-state index in [9.17, 15) is 9.59 Å². The first-order valence-corrected chi connectivity index (χ1v) is 6.85. The van der Waals surface area contributed by atoms with Crippen LogP contribution in [0.15, 0.2) is 36.4 Å². The first-order valence-electron chi connectivity index (χ1n) is 6.48. The van der Waals surface area contributed by atoms with Crippen molar-refractivity contribution < 1.29 is 14.7 Å². The Kier molecular flexibility index (Phi) is 4.79. The van der Waals surface area contributed by atoms with Gasteiger partial charge in [0.25, 0.3) is 0 Å². The van der Waals surface area contributed by atoms with Gasteiger partial charge in [0, 0.05) is 11.6 Å². The summed E-state index contributed by atoms with van der Waals surface area (Å²) in [4.78, 5) is 23.3. The van der Waals surface area contributed by atoms with E-state index in [0.29, 0.717) is 24.4 Å². The molecule has 1 aromatic rings. The van der Waals surface area contributed by atoms with Crippen LogP contribution in [0.1, 0.15) is 18.4 Å². The van der Waals surface area contributed by atoms with Crippen molar-refractivity contribution in [3.8, 4) is 0 Å². The van der Waals surface area contributed by atoms with E-state index in [-0.39, 0.29) is 5.91 Å². The minimum absolute atomic E-state index is 0.211. The smallest absolute Gasteiger partial charge is 0.307 e. The van der Waals surface area contributed by atoms with Crippen molar-refractivity contribution in [1.29, 1.82) is 0 Å². The first-order chi connectivity index (χ1) is 9.58. The first kappa shape index (κ1) is 14.6. The van der Waals surface area contributed by atoms with Crippen molar-refractivity contribution in [3.05, 3.63) is 47.0 Å². The zero-order valence-electron chi connectivity index (χ0n) is 10.9. The van der Waals surface area contributed by atoms with Gasteiger partial charge in [-0.1, -0.05) is 35.9 Å². The Morgan fingerprint density at radius 1 is 1.15 bits per heavy atom. The molecule has 1 aliphatic carbocycles. The normalized spacial score (nSPS) is 21.4. The van der Waals surface area contributed by atoms with Gasteiger partial charge in [0.05, 0.1) is 11.8 Å². The predicted octanol–water partition coefficient (Wildman–Crippen LogP) is 2.62. The topological polar surface area (TPSA) is 66.4 Å². The van der Waals surface area contributed by atoms with Crippen molar-refractivity contribution in [2.45, 2.75) is 19.4 Å². The molecule has 0 heterocycles. The third kappa shape index (κ3) is 3.61. The minimum Gasteiger partial charge on any atom is -0.481 e. The summed E-state index contributed by atoms with van der Waals surface area (Å²) in [6.07, 6.45) is 4.57. The fraction of sp³-hybridized carbons (Fsp3) is 0.333. The molecule has 106 valence electrons. The Morgan fingerprint density at radius 3 is 2.35 bits per heavy atom. The SMILES string of the molecule is O=C(O)[C@H]1CC=CC[C@@H]1C(=O)NCc1ccc(Cl)cc1. The number of aliphatic carboxylic acids is 1. The summed E-state index contributed by atoms with van der Waals surface area (Å²) in [6, 6.07) is 7.18. The Hall–Kier alpha value is -1.81. The number of hydrogen-bond acceptors (Lipinski definition) is 2. The van der Waals surface area contributed by atoms with Crippen LogP contribution in [0.2, 0.25) is 5.02 Å². The van der Waals surface area contributed by atoms with E-state index < -0.39 is 17.8 Å². The lowest BCUT2D eigenvalue weighted by atomic mass is 9.82. The monoisotopic (exact) mass is 293 g/mol. The van der Waals surface area contributed by atoms with E-state index in [0.717, 1.165) is 5.56 Å². The summed E-state index contributed by atoms with van der Waals surface area (Å²) in [5, 5.41) is 12.6. The van der Waals surface area contributed by atoms with Crippen LogP contribution in [-0.2, 0) is 16.1 Å². The molecule has 0 unspecified atom stereocenters. The summed E-state index contributed by atoms with van der Waals surface area (Å²) < 4.78 is 0. The lowest BCUT2D eigenvalue weighted by molar-refractivity contribution is -0.147. The number of halogens is 1. The standard InChI is InChI=1S/C15H16ClNO3/c16-11-7-5-10(6-8-11)9-17-14(18)12-3-1-2-4-13(12)15(19)20/h1-2,5-8,12-13H,3-4,9H2,(H,17,18)(H,19,20)/t12-,13-/m0/s1. The average molecular weight is 294 g/mol. The van der Waals surface area contributed by atoms with Gasteiger partial charge in [0.2, 0.25) is 5.91 Å². The number of carboxylic acids is 1. The number of amides is 1. The Morgan fingerprint density at radius 2 is 1.75 bits per heavy atom. The molecule has 0 spiro atoms. The van der Waals surface area contributed by atoms with Gasteiger partial charge >= 0.3 is 5.97 Å². The summed E-state index contributed by atoms with van der Waals surface area (Å²) in [5.74, 6) is -2.26. The molecule has 20 heavy (non-hydrogen) atoms. The van der Waals surface area contributed by atoms with Crippen LogP contribution in [0.3, 0.4) is 0 Å². The van der Waals surface area contributed by atoms with E-state index in [1.165, 1.54) is 0 Å². The van der Waals surface area contributed by atoms with Gasteiger partial charge in [0.1, 0.15) is 0 Å². The molecule has 4 nitrogen and oxygen atoms in total. The zero-order chi connectivity index (χ0) is 14.5. The molecular formula is C15H16ClNO3. The van der Waals surface area contributed by atoms with Crippen molar-refractivity contribution >= 4 is 23.5 Å². The molecule has 0 saturated carbocycles. The van der Waals surface area contributed by atoms with Crippen LogP contribution < -0.4 is 5.32 Å². The van der Waals surface area contributed by atoms with E-state index >= 15 is 0 Å². The van der Waals surface area contributed by atoms with Gasteiger partial charge in [-0.3, -0.25) is 9.59 Å². The van der Waals surface area contributed by atoms with Gasteiger partial charge in [-0.05, 0) is 30.5 Å². The van der Waals surface area contributed by atoms with E-state index in [2.05, 4.69) is 5.32 Å². The number of carboxylic acid groups (broad SMARTS) is 1. The molecule has 5 heteroatoms. The molecule has 0 saturated heterocycles. The third-order valence-electron chi connectivity index (χ3n) is 3.47. The fourth-order valence-electron chi connectivity index (χ4n) is 2.30. The van der Waals surface area contributed by atoms with Gasteiger partial charge in [-0.15, -0.1) is 0 Å². The molecule has 2 rings (SSSR count). The molecule has 1 aliphatic rings. The predicted molar refractivity (Wildman–Crippen MR) is 76.3 cm³/mol. The zero-order valence-corrected chi connectivity index (χ0v) is 11.6. The summed E-state index contributed by atoms with van der Waals surface area (Å²) in [7, 11) is 0. The van der Waals surface area contributed by atoms with E-state index in [1.807, 2.05) is 24.3 Å². The lowest BCUT2D eigenvalue weighted by Crippen LogP contribution is -2.38. The number of hydrogen-bond donors (Lipinski definition) is 2. The summed E-state index contributed by atoms with van der Waals surface area (Å²) in [5.41, 5.74) is 0.931. The van der Waals surface area contributed by atoms with Gasteiger partial charge < -0.3 is 10.4 Å². The maximum absolute atomic E-state index is 12.1. The van der Waals surface area contributed by atoms with Gasteiger partial charge in [-0.2, -0.15) is 0 Å². The van der Waals surface area contributed by atoms with Crippen LogP contribution in [0.25, 0.3) is 0 Å². The second-order valence-electron chi connectivity index (χ2n) is 4.84. The number of benzene rings is 1. The molecule has 1 aromatic carbocycles. The van der Waals surface area contributed by atoms with Crippen molar-refractivity contribution in [1.82, 2.24) is 5.32 Å². The highest BCUT2D eigenvalue weighted by Crippen LogP contribution is 2.26. The molecule has 0 aliphatic heterocycles. The van der Waals surface area contributed by atoms with Crippen molar-refractivity contribution in [2.24, 2.45) is 11.8 Å². The highest BCUT2D eigenvalue weighted by molar-refractivity contribution is 6.30. The molecule has 0 fully saturated rings. The van der Waals surface area contributed by atoms with Crippen LogP contribution in [0, 0.1) is 11.8 Å². The number of carbonyl (C=O) groups is 2. The maximum atomic E-state index is 12.1. The molecule has 1 amide bonds. The second kappa shape index (κ2) is 6.57. The molecule has 0 radical (unpaired) electrons. The maximum Gasteiger partial charge on any atom is 0.307 e. The largest absolute Gasteiger partial charge is 0.481 e. The average Bonchev–Trinajstić information content (AvgIpc) is 2.46. The number of allylic oxidation sites excluding steroid dienone is 2. The molecule has 0 aromatic heterocycles. The van der Waals surface area contributed by atoms with E-state index in [1.54, 1.807) is 12.1 Å². The van der Waals surface area contributed by atoms with Crippen LogP contribution in [0.5, 0.6) is 0 Å². The summed E-state index contributed by atoms with van der Waals surface area (Å²) >= 11 is 5.79. The minimum atomic E-state index is -0.916. The van der Waals surface area contributed by atoms with Crippen LogP contribution in [0.4, 0.5) is 0 Å². The molecule has 2 atom stereocenters. The fourth-order valence-corrected chi connectivity index (χ4v) is 2.43. The molecule has 0 bridgehead atoms. The van der Waals surface area contributed by atoms with Crippen LogP contribution in [-0.4, -0.2) is 17.0 Å². The second-order valence-corrected chi connectivity index (χ2v) is 5.27. The van der Waals surface area contributed by atoms with Gasteiger partial charge in [-0.25, -0.2) is 0 Å². The highest BCUT2D eigenvalue weighted by atomic mass is 35.5. The van der Waals surface area contributed by atoms with Gasteiger partial charge in [0.15, 0.2) is 0 Å². The third-order valence-corrected chi connectivity index (χ3v) is 3.72. The Balaban J connectivity index is 1.95. The Bertz CT molecular complexity index is 524.